The van der Waals surface area contributed by atoms with E-state index in [4.69, 9.17) is 9.47 Å². The van der Waals surface area contributed by atoms with Gasteiger partial charge >= 0.3 is 0 Å². The summed E-state index contributed by atoms with van der Waals surface area (Å²) >= 11 is 0. The Morgan fingerprint density at radius 2 is 1.43 bits per heavy atom. The Hall–Kier alpha value is -2.29. The van der Waals surface area contributed by atoms with Crippen LogP contribution in [0.3, 0.4) is 0 Å². The highest BCUT2D eigenvalue weighted by Crippen LogP contribution is 2.28. The molecular formula is C20H24O3. The predicted molar refractivity (Wildman–Crippen MR) is 92.6 cm³/mol. The standard InChI is InChI=1S/C20H24O3/c1-4-5-6-19(15-7-11-17(22-2)12-8-15)20(21)16-9-13-18(23-3)14-10-16/h7-14,19H,4-6H2,1-3H3/t19-/m1/s1. The lowest BCUT2D eigenvalue weighted by atomic mass is 9.86. The summed E-state index contributed by atoms with van der Waals surface area (Å²) in [6.07, 6.45) is 2.95. The lowest BCUT2D eigenvalue weighted by Crippen LogP contribution is -2.13. The molecule has 2 aromatic rings. The monoisotopic (exact) mass is 312 g/mol. The molecule has 0 aliphatic heterocycles. The van der Waals surface area contributed by atoms with Crippen molar-refractivity contribution in [1.82, 2.24) is 0 Å². The van der Waals surface area contributed by atoms with Crippen molar-refractivity contribution in [1.29, 1.82) is 0 Å². The van der Waals surface area contributed by atoms with Gasteiger partial charge in [-0.1, -0.05) is 31.9 Å². The van der Waals surface area contributed by atoms with Crippen LogP contribution in [0.2, 0.25) is 0 Å². The van der Waals surface area contributed by atoms with Crippen LogP contribution >= 0.6 is 0 Å². The Kier molecular flexibility index (Phi) is 6.21. The van der Waals surface area contributed by atoms with Gasteiger partial charge in [0, 0.05) is 11.5 Å². The van der Waals surface area contributed by atoms with Crippen molar-refractivity contribution in [2.24, 2.45) is 0 Å². The summed E-state index contributed by atoms with van der Waals surface area (Å²) in [5.74, 6) is 1.61. The van der Waals surface area contributed by atoms with Gasteiger partial charge in [0.25, 0.3) is 0 Å². The minimum absolute atomic E-state index is 0.116. The van der Waals surface area contributed by atoms with Crippen molar-refractivity contribution in [3.8, 4) is 11.5 Å². The fourth-order valence-electron chi connectivity index (χ4n) is 2.65. The van der Waals surface area contributed by atoms with Crippen LogP contribution in [0.25, 0.3) is 0 Å². The van der Waals surface area contributed by atoms with Crippen molar-refractivity contribution < 1.29 is 14.3 Å². The van der Waals surface area contributed by atoms with Gasteiger partial charge in [-0.05, 0) is 48.4 Å². The highest BCUT2D eigenvalue weighted by molar-refractivity contribution is 6.01. The van der Waals surface area contributed by atoms with E-state index in [2.05, 4.69) is 6.92 Å². The molecule has 23 heavy (non-hydrogen) atoms. The molecule has 3 nitrogen and oxygen atoms in total. The van der Waals surface area contributed by atoms with Gasteiger partial charge in [0.05, 0.1) is 14.2 Å². The number of hydrogen-bond acceptors (Lipinski definition) is 3. The Bertz CT molecular complexity index is 614. The third-order valence-corrected chi connectivity index (χ3v) is 4.06. The molecule has 122 valence electrons. The molecule has 0 saturated heterocycles. The highest BCUT2D eigenvalue weighted by Gasteiger charge is 2.21. The van der Waals surface area contributed by atoms with Crippen LogP contribution in [0.1, 0.15) is 48.0 Å². The molecule has 0 heterocycles. The van der Waals surface area contributed by atoms with Gasteiger partial charge < -0.3 is 9.47 Å². The maximum atomic E-state index is 12.9. The minimum Gasteiger partial charge on any atom is -0.497 e. The molecule has 1 atom stereocenters. The molecule has 0 spiro atoms. The lowest BCUT2D eigenvalue weighted by molar-refractivity contribution is 0.0954. The number of ketones is 1. The second-order valence-electron chi connectivity index (χ2n) is 5.56. The smallest absolute Gasteiger partial charge is 0.170 e. The van der Waals surface area contributed by atoms with Gasteiger partial charge in [-0.25, -0.2) is 0 Å². The topological polar surface area (TPSA) is 35.5 Å². The predicted octanol–water partition coefficient (Wildman–Crippen LogP) is 4.86. The van der Waals surface area contributed by atoms with Crippen LogP contribution in [0, 0.1) is 0 Å². The lowest BCUT2D eigenvalue weighted by Gasteiger charge is -2.17. The molecule has 0 amide bonds. The van der Waals surface area contributed by atoms with Gasteiger partial charge in [0.15, 0.2) is 5.78 Å². The minimum atomic E-state index is -0.116. The number of rotatable bonds is 8. The SMILES string of the molecule is CCCC[C@@H](C(=O)c1ccc(OC)cc1)c1ccc(OC)cc1. The molecule has 0 N–H and O–H groups in total. The van der Waals surface area contributed by atoms with Crippen molar-refractivity contribution in [3.63, 3.8) is 0 Å². The van der Waals surface area contributed by atoms with Crippen LogP contribution in [-0.4, -0.2) is 20.0 Å². The van der Waals surface area contributed by atoms with Crippen molar-refractivity contribution in [3.05, 3.63) is 59.7 Å². The highest BCUT2D eigenvalue weighted by atomic mass is 16.5. The van der Waals surface area contributed by atoms with E-state index in [9.17, 15) is 4.79 Å². The van der Waals surface area contributed by atoms with E-state index in [1.807, 2.05) is 48.5 Å². The molecule has 0 saturated carbocycles. The van der Waals surface area contributed by atoms with Crippen LogP contribution < -0.4 is 9.47 Å². The third-order valence-electron chi connectivity index (χ3n) is 4.06. The van der Waals surface area contributed by atoms with Gasteiger partial charge in [-0.2, -0.15) is 0 Å². The first-order valence-electron chi connectivity index (χ1n) is 8.01. The Balaban J connectivity index is 2.26. The summed E-state index contributed by atoms with van der Waals surface area (Å²) in [7, 11) is 3.27. The average molecular weight is 312 g/mol. The van der Waals surface area contributed by atoms with E-state index in [1.165, 1.54) is 0 Å². The van der Waals surface area contributed by atoms with Gasteiger partial charge in [-0.15, -0.1) is 0 Å². The van der Waals surface area contributed by atoms with Gasteiger partial charge in [-0.3, -0.25) is 4.79 Å². The maximum absolute atomic E-state index is 12.9. The maximum Gasteiger partial charge on any atom is 0.170 e. The molecule has 0 aliphatic rings. The summed E-state index contributed by atoms with van der Waals surface area (Å²) in [5.41, 5.74) is 1.77. The summed E-state index contributed by atoms with van der Waals surface area (Å²) in [4.78, 5) is 12.9. The molecular weight excluding hydrogens is 288 g/mol. The zero-order valence-corrected chi connectivity index (χ0v) is 14.0. The molecule has 0 fully saturated rings. The number of unbranched alkanes of at least 4 members (excludes halogenated alkanes) is 1. The number of hydrogen-bond donors (Lipinski definition) is 0. The van der Waals surface area contributed by atoms with Crippen molar-refractivity contribution >= 4 is 5.78 Å². The van der Waals surface area contributed by atoms with Crippen LogP contribution in [0.4, 0.5) is 0 Å². The summed E-state index contributed by atoms with van der Waals surface area (Å²) in [6, 6.07) is 15.1. The van der Waals surface area contributed by atoms with E-state index in [0.717, 1.165) is 41.9 Å². The van der Waals surface area contributed by atoms with E-state index in [-0.39, 0.29) is 11.7 Å². The number of carbonyl (C=O) groups excluding carboxylic acids is 1. The second-order valence-corrected chi connectivity index (χ2v) is 5.56. The normalized spacial score (nSPS) is 11.8. The number of ether oxygens (including phenoxy) is 2. The molecule has 3 heteroatoms. The van der Waals surface area contributed by atoms with E-state index in [1.54, 1.807) is 14.2 Å². The zero-order chi connectivity index (χ0) is 16.7. The second kappa shape index (κ2) is 8.37. The van der Waals surface area contributed by atoms with Crippen LogP contribution in [-0.2, 0) is 0 Å². The number of methoxy groups -OCH3 is 2. The average Bonchev–Trinajstić information content (AvgIpc) is 2.62. The third kappa shape index (κ3) is 4.35. The first kappa shape index (κ1) is 17.1. The zero-order valence-electron chi connectivity index (χ0n) is 14.0. The van der Waals surface area contributed by atoms with Crippen LogP contribution in [0.15, 0.2) is 48.5 Å². The molecule has 0 radical (unpaired) electrons. The first-order chi connectivity index (χ1) is 11.2. The van der Waals surface area contributed by atoms with Gasteiger partial charge in [0.1, 0.15) is 11.5 Å². The summed E-state index contributed by atoms with van der Waals surface area (Å²) in [5, 5.41) is 0. The van der Waals surface area contributed by atoms with Gasteiger partial charge in [0.2, 0.25) is 0 Å². The summed E-state index contributed by atoms with van der Waals surface area (Å²) in [6.45, 7) is 2.14. The van der Waals surface area contributed by atoms with E-state index < -0.39 is 0 Å². The largest absolute Gasteiger partial charge is 0.497 e. The Labute approximate surface area is 138 Å². The Morgan fingerprint density at radius 1 is 0.913 bits per heavy atom. The number of benzene rings is 2. The first-order valence-corrected chi connectivity index (χ1v) is 8.01. The molecule has 2 aromatic carbocycles. The Morgan fingerprint density at radius 3 is 1.91 bits per heavy atom. The fourth-order valence-corrected chi connectivity index (χ4v) is 2.65. The summed E-state index contributed by atoms with van der Waals surface area (Å²) < 4.78 is 10.4. The van der Waals surface area contributed by atoms with E-state index in [0.29, 0.717) is 0 Å². The fraction of sp³-hybridized carbons (Fsp3) is 0.350. The molecule has 0 unspecified atom stereocenters. The quantitative estimate of drug-likeness (QED) is 0.653. The number of carbonyl (C=O) groups is 1. The molecule has 2 rings (SSSR count). The van der Waals surface area contributed by atoms with Crippen molar-refractivity contribution in [2.45, 2.75) is 32.1 Å². The van der Waals surface area contributed by atoms with Crippen molar-refractivity contribution in [2.75, 3.05) is 14.2 Å². The number of Topliss-reactive ketones (excluding diaryl/α,β-unsaturated/α-hetero) is 1. The molecule has 0 aromatic heterocycles. The molecule has 0 aliphatic carbocycles. The van der Waals surface area contributed by atoms with Crippen LogP contribution in [0.5, 0.6) is 11.5 Å². The molecule has 0 bridgehead atoms. The van der Waals surface area contributed by atoms with E-state index >= 15 is 0 Å².